The number of aromatic carboxylic acids is 1. The molecule has 0 aliphatic heterocycles. The lowest BCUT2D eigenvalue weighted by molar-refractivity contribution is -0.133. The number of carboxylic acids is 2. The number of halogens is 2. The van der Waals surface area contributed by atoms with Crippen molar-refractivity contribution in [1.82, 2.24) is 0 Å². The number of carboxylic acid groups (broad SMARTS) is 2. The normalized spacial score (nSPS) is 10.4. The lowest BCUT2D eigenvalue weighted by Crippen LogP contribution is -2.10. The zero-order valence-electron chi connectivity index (χ0n) is 9.09. The summed E-state index contributed by atoms with van der Waals surface area (Å²) in [4.78, 5) is 32.6. The van der Waals surface area contributed by atoms with Crippen molar-refractivity contribution in [2.75, 3.05) is 0 Å². The van der Waals surface area contributed by atoms with Crippen LogP contribution in [0.15, 0.2) is 33.2 Å². The summed E-state index contributed by atoms with van der Waals surface area (Å²) in [6.45, 7) is 0. The first-order valence-corrected chi connectivity index (χ1v) is 6.25. The first kappa shape index (κ1) is 15.4. The van der Waals surface area contributed by atoms with Gasteiger partial charge in [0, 0.05) is 16.6 Å². The molecule has 0 aliphatic carbocycles. The minimum absolute atomic E-state index is 0.198. The van der Waals surface area contributed by atoms with Gasteiger partial charge in [0.1, 0.15) is 5.56 Å². The van der Waals surface area contributed by atoms with Gasteiger partial charge in [-0.3, -0.25) is 0 Å². The van der Waals surface area contributed by atoms with Gasteiger partial charge < -0.3 is 14.9 Å². The lowest BCUT2D eigenvalue weighted by atomic mass is 10.2. The molecule has 100 valence electrons. The summed E-state index contributed by atoms with van der Waals surface area (Å²) in [7, 11) is 0. The Kier molecular flexibility index (Phi) is 5.25. The standard InChI is InChI=1S/C11H6Br2O6/c12-5-3-6(11(17)18)10(7(13)4-5)19-9(16)2-1-8(14)15/h1-4H,(H,14,15)(H,17,18)/b2-1+. The smallest absolute Gasteiger partial charge is 0.339 e. The molecule has 0 amide bonds. The average molecular weight is 394 g/mol. The van der Waals surface area contributed by atoms with Crippen LogP contribution in [0, 0.1) is 0 Å². The van der Waals surface area contributed by atoms with Crippen molar-refractivity contribution in [3.63, 3.8) is 0 Å². The van der Waals surface area contributed by atoms with Crippen LogP contribution in [0.3, 0.4) is 0 Å². The Balaban J connectivity index is 3.10. The molecule has 0 unspecified atom stereocenters. The SMILES string of the molecule is O=C(O)/C=C/C(=O)Oc1c(Br)cc(Br)cc1C(=O)O. The maximum Gasteiger partial charge on any atom is 0.339 e. The minimum atomic E-state index is -1.31. The molecule has 19 heavy (non-hydrogen) atoms. The second-order valence-electron chi connectivity index (χ2n) is 3.16. The fraction of sp³-hybridized carbons (Fsp3) is 0. The van der Waals surface area contributed by atoms with Crippen molar-refractivity contribution in [2.45, 2.75) is 0 Å². The average Bonchev–Trinajstić information content (AvgIpc) is 2.29. The number of hydrogen-bond donors (Lipinski definition) is 2. The highest BCUT2D eigenvalue weighted by atomic mass is 79.9. The number of carbonyl (C=O) groups excluding carboxylic acids is 1. The Labute approximate surface area is 123 Å². The molecule has 0 aromatic heterocycles. The summed E-state index contributed by atoms with van der Waals surface area (Å²) in [5.41, 5.74) is -0.238. The van der Waals surface area contributed by atoms with Gasteiger partial charge in [0.05, 0.1) is 4.47 Å². The third-order valence-corrected chi connectivity index (χ3v) is 2.85. The van der Waals surface area contributed by atoms with E-state index in [1.807, 2.05) is 0 Å². The van der Waals surface area contributed by atoms with E-state index in [1.165, 1.54) is 12.1 Å². The molecule has 0 saturated carbocycles. The molecule has 0 fully saturated rings. The van der Waals surface area contributed by atoms with Crippen LogP contribution in [0.1, 0.15) is 10.4 Å². The van der Waals surface area contributed by atoms with E-state index >= 15 is 0 Å². The fourth-order valence-electron chi connectivity index (χ4n) is 1.10. The molecule has 0 atom stereocenters. The molecule has 0 spiro atoms. The van der Waals surface area contributed by atoms with Crippen LogP contribution in [0.4, 0.5) is 0 Å². The Morgan fingerprint density at radius 2 is 1.74 bits per heavy atom. The Bertz CT molecular complexity index is 579. The van der Waals surface area contributed by atoms with Gasteiger partial charge in [-0.05, 0) is 28.1 Å². The van der Waals surface area contributed by atoms with Crippen LogP contribution in [0.2, 0.25) is 0 Å². The lowest BCUT2D eigenvalue weighted by Gasteiger charge is -2.08. The molecule has 0 aliphatic rings. The number of rotatable bonds is 4. The van der Waals surface area contributed by atoms with E-state index in [4.69, 9.17) is 14.9 Å². The molecule has 6 nitrogen and oxygen atoms in total. The van der Waals surface area contributed by atoms with E-state index in [-0.39, 0.29) is 15.8 Å². The molecule has 8 heteroatoms. The summed E-state index contributed by atoms with van der Waals surface area (Å²) in [6.07, 6.45) is 1.28. The van der Waals surface area contributed by atoms with E-state index in [0.717, 1.165) is 0 Å². The summed E-state index contributed by atoms with van der Waals surface area (Å²) in [5.74, 6) is -3.79. The first-order chi connectivity index (χ1) is 8.81. The highest BCUT2D eigenvalue weighted by Crippen LogP contribution is 2.33. The van der Waals surface area contributed by atoms with Gasteiger partial charge in [0.15, 0.2) is 5.75 Å². The van der Waals surface area contributed by atoms with Crippen molar-refractivity contribution in [3.8, 4) is 5.75 Å². The van der Waals surface area contributed by atoms with Crippen LogP contribution in [0.25, 0.3) is 0 Å². The molecule has 0 saturated heterocycles. The molecule has 1 aromatic rings. The van der Waals surface area contributed by atoms with E-state index < -0.39 is 17.9 Å². The monoisotopic (exact) mass is 392 g/mol. The molecule has 0 heterocycles. The summed E-state index contributed by atoms with van der Waals surface area (Å²) in [5, 5.41) is 17.4. The van der Waals surface area contributed by atoms with Gasteiger partial charge >= 0.3 is 17.9 Å². The van der Waals surface area contributed by atoms with Gasteiger partial charge in [0.25, 0.3) is 0 Å². The number of esters is 1. The predicted molar refractivity (Wildman–Crippen MR) is 71.2 cm³/mol. The third kappa shape index (κ3) is 4.49. The number of ether oxygens (including phenoxy) is 1. The van der Waals surface area contributed by atoms with Crippen LogP contribution >= 0.6 is 31.9 Å². The minimum Gasteiger partial charge on any atom is -0.478 e. The molecular formula is C11H6Br2O6. The second kappa shape index (κ2) is 6.48. The van der Waals surface area contributed by atoms with Crippen LogP contribution in [-0.2, 0) is 9.59 Å². The van der Waals surface area contributed by atoms with E-state index in [1.54, 1.807) is 0 Å². The van der Waals surface area contributed by atoms with E-state index in [0.29, 0.717) is 16.6 Å². The van der Waals surface area contributed by atoms with E-state index in [9.17, 15) is 14.4 Å². The molecule has 1 aromatic carbocycles. The third-order valence-electron chi connectivity index (χ3n) is 1.80. The quantitative estimate of drug-likeness (QED) is 0.463. The van der Waals surface area contributed by atoms with Gasteiger partial charge in [-0.25, -0.2) is 14.4 Å². The zero-order chi connectivity index (χ0) is 14.6. The predicted octanol–water partition coefficient (Wildman–Crippen LogP) is 2.46. The molecule has 1 rings (SSSR count). The van der Waals surface area contributed by atoms with Crippen molar-refractivity contribution in [1.29, 1.82) is 0 Å². The van der Waals surface area contributed by atoms with Crippen LogP contribution in [-0.4, -0.2) is 28.1 Å². The second-order valence-corrected chi connectivity index (χ2v) is 4.93. The number of aliphatic carboxylic acids is 1. The number of carbonyl (C=O) groups is 3. The Morgan fingerprint density at radius 1 is 1.11 bits per heavy atom. The molecule has 2 N–H and O–H groups in total. The van der Waals surface area contributed by atoms with Gasteiger partial charge in [-0.2, -0.15) is 0 Å². The fourth-order valence-corrected chi connectivity index (χ4v) is 2.40. The van der Waals surface area contributed by atoms with Crippen LogP contribution in [0.5, 0.6) is 5.75 Å². The van der Waals surface area contributed by atoms with Crippen molar-refractivity contribution in [2.24, 2.45) is 0 Å². The maximum atomic E-state index is 11.3. The summed E-state index contributed by atoms with van der Waals surface area (Å²) >= 11 is 6.17. The molecule has 0 bridgehead atoms. The molecular weight excluding hydrogens is 388 g/mol. The van der Waals surface area contributed by atoms with Gasteiger partial charge in [-0.1, -0.05) is 15.9 Å². The Morgan fingerprint density at radius 3 is 2.26 bits per heavy atom. The number of hydrogen-bond acceptors (Lipinski definition) is 4. The van der Waals surface area contributed by atoms with Crippen molar-refractivity contribution in [3.05, 3.63) is 38.8 Å². The largest absolute Gasteiger partial charge is 0.478 e. The Hall–Kier alpha value is -1.67. The first-order valence-electron chi connectivity index (χ1n) is 4.66. The van der Waals surface area contributed by atoms with Gasteiger partial charge in [-0.15, -0.1) is 0 Å². The number of benzene rings is 1. The summed E-state index contributed by atoms with van der Waals surface area (Å²) in [6, 6.07) is 2.76. The molecule has 0 radical (unpaired) electrons. The highest BCUT2D eigenvalue weighted by Gasteiger charge is 2.18. The maximum absolute atomic E-state index is 11.3. The van der Waals surface area contributed by atoms with Crippen LogP contribution < -0.4 is 4.74 Å². The highest BCUT2D eigenvalue weighted by molar-refractivity contribution is 9.11. The van der Waals surface area contributed by atoms with E-state index in [2.05, 4.69) is 31.9 Å². The topological polar surface area (TPSA) is 101 Å². The summed E-state index contributed by atoms with van der Waals surface area (Å²) < 4.78 is 5.54. The van der Waals surface area contributed by atoms with Gasteiger partial charge in [0.2, 0.25) is 0 Å². The van der Waals surface area contributed by atoms with Crippen molar-refractivity contribution >= 4 is 49.8 Å². The zero-order valence-corrected chi connectivity index (χ0v) is 12.3. The van der Waals surface area contributed by atoms with Crippen molar-refractivity contribution < 1.29 is 29.3 Å².